The van der Waals surface area contributed by atoms with E-state index in [4.69, 9.17) is 4.74 Å². The lowest BCUT2D eigenvalue weighted by atomic mass is 10.1. The lowest BCUT2D eigenvalue weighted by Gasteiger charge is -2.06. The molecule has 4 rings (SSSR count). The number of rotatable bonds is 6. The van der Waals surface area contributed by atoms with E-state index in [1.165, 1.54) is 0 Å². The molecule has 4 aromatic rings. The van der Waals surface area contributed by atoms with Gasteiger partial charge in [-0.05, 0) is 36.8 Å². The number of ketones is 1. The maximum absolute atomic E-state index is 12.2. The van der Waals surface area contributed by atoms with E-state index in [1.807, 2.05) is 60.1 Å². The molecule has 0 aliphatic rings. The first kappa shape index (κ1) is 18.6. The van der Waals surface area contributed by atoms with Gasteiger partial charge in [0.15, 0.2) is 12.4 Å². The number of aromatic nitrogens is 3. The van der Waals surface area contributed by atoms with E-state index < -0.39 is 5.97 Å². The summed E-state index contributed by atoms with van der Waals surface area (Å²) >= 11 is 0. The summed E-state index contributed by atoms with van der Waals surface area (Å²) in [7, 11) is 0. The summed E-state index contributed by atoms with van der Waals surface area (Å²) < 4.78 is 6.97. The normalized spacial score (nSPS) is 10.8. The highest BCUT2D eigenvalue weighted by molar-refractivity contribution is 5.99. The molecule has 0 saturated heterocycles. The van der Waals surface area contributed by atoms with Crippen LogP contribution < -0.4 is 0 Å². The quantitative estimate of drug-likeness (QED) is 0.373. The zero-order valence-corrected chi connectivity index (χ0v) is 15.9. The van der Waals surface area contributed by atoms with Gasteiger partial charge in [-0.25, -0.2) is 9.48 Å². The molecule has 1 heterocycles. The van der Waals surface area contributed by atoms with Gasteiger partial charge in [-0.15, -0.1) is 5.10 Å². The topological polar surface area (TPSA) is 74.1 Å². The number of fused-ring (bicyclic) bond motifs is 1. The van der Waals surface area contributed by atoms with Crippen molar-refractivity contribution >= 4 is 22.8 Å². The van der Waals surface area contributed by atoms with E-state index >= 15 is 0 Å². The molecule has 0 bridgehead atoms. The molecule has 144 valence electrons. The molecule has 0 spiro atoms. The van der Waals surface area contributed by atoms with Crippen LogP contribution in [0.25, 0.3) is 11.0 Å². The number of Topliss-reactive ketones (excluding diaryl/α,β-unsaturated/α-hetero) is 1. The summed E-state index contributed by atoms with van der Waals surface area (Å²) in [4.78, 5) is 24.4. The minimum absolute atomic E-state index is 0.229. The lowest BCUT2D eigenvalue weighted by molar-refractivity contribution is 0.0474. The molecular formula is C23H19N3O3. The average Bonchev–Trinajstić information content (AvgIpc) is 3.16. The third kappa shape index (κ3) is 4.21. The van der Waals surface area contributed by atoms with Crippen LogP contribution in [0, 0.1) is 6.92 Å². The van der Waals surface area contributed by atoms with Gasteiger partial charge in [0.1, 0.15) is 5.52 Å². The number of esters is 1. The van der Waals surface area contributed by atoms with Crippen molar-refractivity contribution in [2.75, 3.05) is 6.61 Å². The summed E-state index contributed by atoms with van der Waals surface area (Å²) in [5, 5.41) is 8.31. The van der Waals surface area contributed by atoms with E-state index in [1.54, 1.807) is 24.3 Å². The Morgan fingerprint density at radius 1 is 0.897 bits per heavy atom. The molecular weight excluding hydrogens is 366 g/mol. The molecule has 0 aliphatic heterocycles. The van der Waals surface area contributed by atoms with Crippen LogP contribution in [0.15, 0.2) is 72.8 Å². The van der Waals surface area contributed by atoms with Gasteiger partial charge in [0.25, 0.3) is 0 Å². The van der Waals surface area contributed by atoms with Crippen LogP contribution in [0.1, 0.15) is 31.8 Å². The molecule has 0 saturated carbocycles. The van der Waals surface area contributed by atoms with Gasteiger partial charge in [0.05, 0.1) is 17.6 Å². The molecule has 3 aromatic carbocycles. The highest BCUT2D eigenvalue weighted by Gasteiger charge is 2.12. The van der Waals surface area contributed by atoms with Gasteiger partial charge in [0, 0.05) is 5.56 Å². The first-order valence-electron chi connectivity index (χ1n) is 9.24. The van der Waals surface area contributed by atoms with Crippen LogP contribution >= 0.6 is 0 Å². The van der Waals surface area contributed by atoms with Crippen molar-refractivity contribution in [3.05, 3.63) is 95.1 Å². The predicted molar refractivity (Wildman–Crippen MR) is 109 cm³/mol. The second-order valence-electron chi connectivity index (χ2n) is 6.80. The number of carbonyl (C=O) groups is 2. The number of aryl methyl sites for hydroxylation is 1. The van der Waals surface area contributed by atoms with Crippen molar-refractivity contribution in [2.45, 2.75) is 13.5 Å². The molecule has 1 aromatic heterocycles. The maximum atomic E-state index is 12.2. The summed E-state index contributed by atoms with van der Waals surface area (Å²) in [6.07, 6.45) is 0. The summed E-state index contributed by atoms with van der Waals surface area (Å²) in [5.74, 6) is -0.753. The number of hydrogen-bond donors (Lipinski definition) is 0. The molecule has 0 unspecified atom stereocenters. The van der Waals surface area contributed by atoms with E-state index in [9.17, 15) is 9.59 Å². The SMILES string of the molecule is Cc1ccc(C(=O)COC(=O)c2ccc(Cn3nnc4ccccc43)cc2)cc1. The fourth-order valence-corrected chi connectivity index (χ4v) is 2.99. The molecule has 6 nitrogen and oxygen atoms in total. The van der Waals surface area contributed by atoms with Crippen LogP contribution in [-0.2, 0) is 11.3 Å². The van der Waals surface area contributed by atoms with Crippen molar-refractivity contribution in [2.24, 2.45) is 0 Å². The fraction of sp³-hybridized carbons (Fsp3) is 0.130. The third-order valence-corrected chi connectivity index (χ3v) is 4.65. The average molecular weight is 385 g/mol. The minimum Gasteiger partial charge on any atom is -0.454 e. The molecule has 0 atom stereocenters. The number of carbonyl (C=O) groups excluding carboxylic acids is 2. The lowest BCUT2D eigenvalue weighted by Crippen LogP contribution is -2.14. The van der Waals surface area contributed by atoms with Crippen LogP contribution in [0.4, 0.5) is 0 Å². The van der Waals surface area contributed by atoms with Gasteiger partial charge in [0.2, 0.25) is 0 Å². The van der Waals surface area contributed by atoms with Gasteiger partial charge in [-0.1, -0.05) is 59.3 Å². The smallest absolute Gasteiger partial charge is 0.338 e. The Morgan fingerprint density at radius 2 is 1.59 bits per heavy atom. The Kier molecular flexibility index (Phi) is 5.16. The monoisotopic (exact) mass is 385 g/mol. The number of ether oxygens (including phenoxy) is 1. The molecule has 0 fully saturated rings. The van der Waals surface area contributed by atoms with Gasteiger partial charge in [-0.3, -0.25) is 4.79 Å². The third-order valence-electron chi connectivity index (χ3n) is 4.65. The van der Waals surface area contributed by atoms with Gasteiger partial charge < -0.3 is 4.74 Å². The number of nitrogens with zero attached hydrogens (tertiary/aromatic N) is 3. The number of para-hydroxylation sites is 1. The molecule has 0 radical (unpaired) electrons. The zero-order chi connectivity index (χ0) is 20.2. The Labute approximate surface area is 167 Å². The minimum atomic E-state index is -0.525. The van der Waals surface area contributed by atoms with Crippen molar-refractivity contribution < 1.29 is 14.3 Å². The van der Waals surface area contributed by atoms with Crippen LogP contribution in [0.2, 0.25) is 0 Å². The Morgan fingerprint density at radius 3 is 2.34 bits per heavy atom. The summed E-state index contributed by atoms with van der Waals surface area (Å²) in [5.41, 5.74) is 4.76. The van der Waals surface area contributed by atoms with Crippen molar-refractivity contribution in [1.29, 1.82) is 0 Å². The maximum Gasteiger partial charge on any atom is 0.338 e. The van der Waals surface area contributed by atoms with Crippen molar-refractivity contribution in [3.8, 4) is 0 Å². The molecule has 0 amide bonds. The van der Waals surface area contributed by atoms with E-state index in [2.05, 4.69) is 10.3 Å². The van der Waals surface area contributed by atoms with E-state index in [0.717, 1.165) is 22.2 Å². The Hall–Kier alpha value is -3.80. The van der Waals surface area contributed by atoms with E-state index in [0.29, 0.717) is 17.7 Å². The number of hydrogen-bond acceptors (Lipinski definition) is 5. The van der Waals surface area contributed by atoms with Crippen molar-refractivity contribution in [3.63, 3.8) is 0 Å². The Bertz CT molecular complexity index is 1160. The fourth-order valence-electron chi connectivity index (χ4n) is 2.99. The first-order valence-corrected chi connectivity index (χ1v) is 9.24. The van der Waals surface area contributed by atoms with Crippen LogP contribution in [-0.4, -0.2) is 33.4 Å². The Balaban J connectivity index is 1.37. The largest absolute Gasteiger partial charge is 0.454 e. The molecule has 0 N–H and O–H groups in total. The zero-order valence-electron chi connectivity index (χ0n) is 15.9. The molecule has 29 heavy (non-hydrogen) atoms. The van der Waals surface area contributed by atoms with Crippen LogP contribution in [0.5, 0.6) is 0 Å². The van der Waals surface area contributed by atoms with Gasteiger partial charge >= 0.3 is 5.97 Å². The van der Waals surface area contributed by atoms with Gasteiger partial charge in [-0.2, -0.15) is 0 Å². The standard InChI is InChI=1S/C23H19N3O3/c1-16-6-10-18(11-7-16)22(27)15-29-23(28)19-12-8-17(9-13-19)14-26-21-5-3-2-4-20(21)24-25-26/h2-13H,14-15H2,1H3. The highest BCUT2D eigenvalue weighted by atomic mass is 16.5. The molecule has 6 heteroatoms. The van der Waals surface area contributed by atoms with Crippen LogP contribution in [0.3, 0.4) is 0 Å². The highest BCUT2D eigenvalue weighted by Crippen LogP contribution is 2.13. The number of benzene rings is 3. The van der Waals surface area contributed by atoms with E-state index in [-0.39, 0.29) is 12.4 Å². The molecule has 0 aliphatic carbocycles. The second kappa shape index (κ2) is 8.06. The second-order valence-corrected chi connectivity index (χ2v) is 6.80. The summed E-state index contributed by atoms with van der Waals surface area (Å²) in [6, 6.07) is 22.0. The van der Waals surface area contributed by atoms with Crippen molar-refractivity contribution in [1.82, 2.24) is 15.0 Å². The first-order chi connectivity index (χ1) is 14.1. The predicted octanol–water partition coefficient (Wildman–Crippen LogP) is 3.83. The summed E-state index contributed by atoms with van der Waals surface area (Å²) in [6.45, 7) is 2.21.